The lowest BCUT2D eigenvalue weighted by Crippen LogP contribution is -2.42. The topological polar surface area (TPSA) is 125 Å². The summed E-state index contributed by atoms with van der Waals surface area (Å²) in [5.41, 5.74) is 2.48. The minimum Gasteiger partial charge on any atom is -0.479 e. The van der Waals surface area contributed by atoms with E-state index in [4.69, 9.17) is 9.47 Å². The van der Waals surface area contributed by atoms with Crippen LogP contribution in [-0.2, 0) is 25.3 Å². The van der Waals surface area contributed by atoms with Crippen LogP contribution in [0.25, 0.3) is 10.4 Å². The van der Waals surface area contributed by atoms with Crippen molar-refractivity contribution in [2.45, 2.75) is 24.6 Å². The molecule has 0 spiro atoms. The SMILES string of the molecule is O=C(O)COc1c(C(=O)N2CCOCC2)sc(-c2cccc(NC3CCN(S(=O)(=O)Cc4ccccc4)CC3)c2)c1Br. The number of carbonyl (C=O) groups excluding carboxylic acids is 1. The van der Waals surface area contributed by atoms with Crippen LogP contribution < -0.4 is 10.1 Å². The van der Waals surface area contributed by atoms with Gasteiger partial charge in [0.1, 0.15) is 4.88 Å². The maximum atomic E-state index is 13.4. The van der Waals surface area contributed by atoms with Crippen LogP contribution in [0, 0.1) is 0 Å². The lowest BCUT2D eigenvalue weighted by Gasteiger charge is -2.32. The van der Waals surface area contributed by atoms with Crippen molar-refractivity contribution in [3.63, 3.8) is 0 Å². The molecule has 3 heterocycles. The Balaban J connectivity index is 1.29. The Bertz CT molecular complexity index is 1520. The summed E-state index contributed by atoms with van der Waals surface area (Å²) in [5, 5.41) is 12.7. The molecule has 0 unspecified atom stereocenters. The number of hydrogen-bond donors (Lipinski definition) is 2. The van der Waals surface area contributed by atoms with E-state index in [-0.39, 0.29) is 23.5 Å². The first-order chi connectivity index (χ1) is 20.2. The Morgan fingerprint density at radius 2 is 1.76 bits per heavy atom. The van der Waals surface area contributed by atoms with Crippen LogP contribution in [0.4, 0.5) is 5.69 Å². The van der Waals surface area contributed by atoms with E-state index in [0.29, 0.717) is 61.6 Å². The van der Waals surface area contributed by atoms with Crippen molar-refractivity contribution in [2.24, 2.45) is 0 Å². The van der Waals surface area contributed by atoms with E-state index < -0.39 is 22.6 Å². The van der Waals surface area contributed by atoms with Crippen LogP contribution >= 0.6 is 27.3 Å². The average Bonchev–Trinajstić information content (AvgIpc) is 3.32. The van der Waals surface area contributed by atoms with E-state index in [1.807, 2.05) is 54.6 Å². The second-order valence-electron chi connectivity index (χ2n) is 10.1. The van der Waals surface area contributed by atoms with Gasteiger partial charge in [0.05, 0.1) is 28.3 Å². The number of morpholine rings is 1. The van der Waals surface area contributed by atoms with Crippen LogP contribution in [0.15, 0.2) is 59.1 Å². The molecule has 0 radical (unpaired) electrons. The van der Waals surface area contributed by atoms with Gasteiger partial charge >= 0.3 is 5.97 Å². The van der Waals surface area contributed by atoms with E-state index in [1.54, 1.807) is 9.21 Å². The number of sulfonamides is 1. The van der Waals surface area contributed by atoms with Crippen LogP contribution in [-0.4, -0.2) is 86.6 Å². The Morgan fingerprint density at radius 1 is 1.05 bits per heavy atom. The number of nitrogens with zero attached hydrogens (tertiary/aromatic N) is 2. The Morgan fingerprint density at radius 3 is 2.45 bits per heavy atom. The second kappa shape index (κ2) is 13.6. The number of rotatable bonds is 10. The number of carboxylic acid groups (broad SMARTS) is 1. The third kappa shape index (κ3) is 7.32. The zero-order chi connectivity index (χ0) is 29.7. The first kappa shape index (κ1) is 30.5. The van der Waals surface area contributed by atoms with E-state index in [2.05, 4.69) is 21.2 Å². The van der Waals surface area contributed by atoms with Gasteiger partial charge in [0.15, 0.2) is 12.4 Å². The molecular weight excluding hydrogens is 646 g/mol. The van der Waals surface area contributed by atoms with Gasteiger partial charge in [-0.05, 0) is 52.0 Å². The first-order valence-corrected chi connectivity index (χ1v) is 16.9. The molecule has 3 aromatic rings. The Kier molecular flexibility index (Phi) is 9.84. The zero-order valence-corrected chi connectivity index (χ0v) is 26.0. The van der Waals surface area contributed by atoms with Crippen LogP contribution in [0.1, 0.15) is 28.1 Å². The number of carbonyl (C=O) groups is 2. The number of thiophene rings is 1. The first-order valence-electron chi connectivity index (χ1n) is 13.6. The molecule has 10 nitrogen and oxygen atoms in total. The zero-order valence-electron chi connectivity index (χ0n) is 22.8. The minimum absolute atomic E-state index is 0.00212. The summed E-state index contributed by atoms with van der Waals surface area (Å²) in [4.78, 5) is 27.4. The lowest BCUT2D eigenvalue weighted by molar-refractivity contribution is -0.139. The predicted molar refractivity (Wildman–Crippen MR) is 165 cm³/mol. The van der Waals surface area contributed by atoms with Crippen molar-refractivity contribution >= 4 is 54.9 Å². The Labute approximate surface area is 257 Å². The van der Waals surface area contributed by atoms with Crippen molar-refractivity contribution in [2.75, 3.05) is 51.3 Å². The summed E-state index contributed by atoms with van der Waals surface area (Å²) < 4.78 is 38.9. The van der Waals surface area contributed by atoms with Crippen molar-refractivity contribution in [1.82, 2.24) is 9.21 Å². The van der Waals surface area contributed by atoms with Crippen molar-refractivity contribution in [3.05, 3.63) is 69.5 Å². The van der Waals surface area contributed by atoms with Crippen LogP contribution in [0.5, 0.6) is 5.75 Å². The van der Waals surface area contributed by atoms with Gasteiger partial charge in [0.2, 0.25) is 10.0 Å². The number of halogens is 1. The van der Waals surface area contributed by atoms with Crippen molar-refractivity contribution < 1.29 is 32.6 Å². The molecule has 2 aromatic carbocycles. The fourth-order valence-electron chi connectivity index (χ4n) is 5.04. The fraction of sp³-hybridized carbons (Fsp3) is 0.379. The number of aliphatic carboxylic acids is 1. The summed E-state index contributed by atoms with van der Waals surface area (Å²) in [6.07, 6.45) is 1.35. The highest BCUT2D eigenvalue weighted by molar-refractivity contribution is 9.10. The average molecular weight is 679 g/mol. The van der Waals surface area contributed by atoms with Crippen molar-refractivity contribution in [3.8, 4) is 16.2 Å². The molecule has 2 N–H and O–H groups in total. The highest BCUT2D eigenvalue weighted by Crippen LogP contribution is 2.46. The number of amides is 1. The van der Waals surface area contributed by atoms with Crippen LogP contribution in [0.3, 0.4) is 0 Å². The van der Waals surface area contributed by atoms with Gasteiger partial charge in [-0.15, -0.1) is 11.3 Å². The molecule has 2 saturated heterocycles. The molecule has 0 saturated carbocycles. The molecular formula is C29H32BrN3O7S2. The molecule has 1 aromatic heterocycles. The highest BCUT2D eigenvalue weighted by Gasteiger charge is 2.30. The molecule has 0 bridgehead atoms. The summed E-state index contributed by atoms with van der Waals surface area (Å²) in [5.74, 6) is -1.14. The summed E-state index contributed by atoms with van der Waals surface area (Å²) >= 11 is 4.82. The van der Waals surface area contributed by atoms with Gasteiger partial charge in [-0.3, -0.25) is 4.79 Å². The second-order valence-corrected chi connectivity index (χ2v) is 13.9. The molecule has 13 heteroatoms. The van der Waals surface area contributed by atoms with Crippen molar-refractivity contribution in [1.29, 1.82) is 0 Å². The van der Waals surface area contributed by atoms with E-state index in [1.165, 1.54) is 11.3 Å². The summed E-state index contributed by atoms with van der Waals surface area (Å²) in [6.45, 7) is 2.12. The summed E-state index contributed by atoms with van der Waals surface area (Å²) in [6, 6.07) is 17.1. The van der Waals surface area contributed by atoms with Crippen LogP contribution in [0.2, 0.25) is 0 Å². The molecule has 42 heavy (non-hydrogen) atoms. The molecule has 5 rings (SSSR count). The highest BCUT2D eigenvalue weighted by atomic mass is 79.9. The van der Waals surface area contributed by atoms with Gasteiger partial charge < -0.3 is 24.8 Å². The number of ether oxygens (including phenoxy) is 2. The fourth-order valence-corrected chi connectivity index (χ4v) is 8.62. The minimum atomic E-state index is -3.39. The number of carboxylic acids is 1. The van der Waals surface area contributed by atoms with E-state index in [0.717, 1.165) is 21.7 Å². The van der Waals surface area contributed by atoms with Gasteiger partial charge in [0, 0.05) is 37.9 Å². The number of piperidine rings is 1. The lowest BCUT2D eigenvalue weighted by atomic mass is 10.1. The quantitative estimate of drug-likeness (QED) is 0.321. The standard InChI is InChI=1S/C29H32BrN3O7S2/c30-25-26(40-18-24(34)35)28(29(36)32-13-15-39-16-14-32)41-27(25)21-7-4-8-23(17-21)31-22-9-11-33(12-10-22)42(37,38)19-20-5-2-1-3-6-20/h1-8,17,22,31H,9-16,18-19H2,(H,34,35). The number of anilines is 1. The Hall–Kier alpha value is -2.97. The number of benzene rings is 2. The molecule has 0 atom stereocenters. The molecule has 1 amide bonds. The van der Waals surface area contributed by atoms with Gasteiger partial charge in [-0.25, -0.2) is 17.5 Å². The molecule has 2 aliphatic rings. The normalized spacial score (nSPS) is 16.7. The molecule has 0 aliphatic carbocycles. The van der Waals surface area contributed by atoms with Gasteiger partial charge in [-0.1, -0.05) is 42.5 Å². The van der Waals surface area contributed by atoms with E-state index >= 15 is 0 Å². The smallest absolute Gasteiger partial charge is 0.341 e. The number of nitrogens with one attached hydrogen (secondary N) is 1. The monoisotopic (exact) mass is 677 g/mol. The molecule has 2 fully saturated rings. The van der Waals surface area contributed by atoms with Gasteiger partial charge in [0.25, 0.3) is 5.91 Å². The van der Waals surface area contributed by atoms with Gasteiger partial charge in [-0.2, -0.15) is 0 Å². The largest absolute Gasteiger partial charge is 0.479 e. The molecule has 224 valence electrons. The maximum Gasteiger partial charge on any atom is 0.341 e. The summed E-state index contributed by atoms with van der Waals surface area (Å²) in [7, 11) is -3.39. The maximum absolute atomic E-state index is 13.4. The molecule has 2 aliphatic heterocycles. The third-order valence-electron chi connectivity index (χ3n) is 7.18. The number of hydrogen-bond acceptors (Lipinski definition) is 8. The predicted octanol–water partition coefficient (Wildman–Crippen LogP) is 4.52. The third-order valence-corrected chi connectivity index (χ3v) is 11.3. The van der Waals surface area contributed by atoms with E-state index in [9.17, 15) is 23.1 Å².